The molecule has 2 aromatic rings. The average Bonchev–Trinajstić information content (AvgIpc) is 2.81. The molecule has 1 aromatic heterocycles. The molecule has 0 spiro atoms. The first-order chi connectivity index (χ1) is 10.1. The number of nitrogens with zero attached hydrogens (tertiary/aromatic N) is 2. The third kappa shape index (κ3) is 2.81. The van der Waals surface area contributed by atoms with E-state index in [1.807, 2.05) is 6.92 Å². The molecule has 1 aromatic carbocycles. The van der Waals surface area contributed by atoms with Gasteiger partial charge in [0.15, 0.2) is 5.82 Å². The fourth-order valence-corrected chi connectivity index (χ4v) is 1.91. The molecule has 0 bridgehead atoms. The third-order valence-electron chi connectivity index (χ3n) is 2.93. The smallest absolute Gasteiger partial charge is 0.345 e. The molecule has 0 unspecified atom stereocenters. The first kappa shape index (κ1) is 14.8. The number of ether oxygens (including phenoxy) is 1. The molecule has 0 aliphatic rings. The predicted octanol–water partition coefficient (Wildman–Crippen LogP) is 2.20. The first-order valence-corrected chi connectivity index (χ1v) is 6.55. The zero-order valence-corrected chi connectivity index (χ0v) is 11.9. The zero-order valence-electron chi connectivity index (χ0n) is 11.9. The maximum atomic E-state index is 13.9. The van der Waals surface area contributed by atoms with E-state index in [-0.39, 0.29) is 22.9 Å². The Kier molecular flexibility index (Phi) is 4.42. The summed E-state index contributed by atoms with van der Waals surface area (Å²) in [4.78, 5) is 11.9. The normalized spacial score (nSPS) is 10.4. The molecule has 7 heteroatoms. The van der Waals surface area contributed by atoms with Gasteiger partial charge in [-0.1, -0.05) is 19.1 Å². The van der Waals surface area contributed by atoms with Crippen LogP contribution in [0.15, 0.2) is 24.3 Å². The highest BCUT2D eigenvalue weighted by molar-refractivity contribution is 5.99. The molecule has 0 atom stereocenters. The van der Waals surface area contributed by atoms with E-state index in [1.54, 1.807) is 12.1 Å². The van der Waals surface area contributed by atoms with E-state index in [0.29, 0.717) is 6.54 Å². The van der Waals surface area contributed by atoms with Crippen molar-refractivity contribution in [2.75, 3.05) is 24.7 Å². The summed E-state index contributed by atoms with van der Waals surface area (Å²) in [5.74, 6) is -0.783. The Morgan fingerprint density at radius 3 is 2.81 bits per heavy atom. The average molecular weight is 292 g/mol. The van der Waals surface area contributed by atoms with Crippen LogP contribution in [0.3, 0.4) is 0 Å². The highest BCUT2D eigenvalue weighted by Crippen LogP contribution is 2.26. The molecule has 0 saturated carbocycles. The number of hydrogen-bond donors (Lipinski definition) is 2. The highest BCUT2D eigenvalue weighted by atomic mass is 19.1. The van der Waals surface area contributed by atoms with Crippen molar-refractivity contribution in [2.24, 2.45) is 0 Å². The molecule has 0 saturated heterocycles. The van der Waals surface area contributed by atoms with Crippen LogP contribution in [0.4, 0.5) is 16.0 Å². The fourth-order valence-electron chi connectivity index (χ4n) is 1.91. The quantitative estimate of drug-likeness (QED) is 0.826. The van der Waals surface area contributed by atoms with E-state index in [1.165, 1.54) is 23.9 Å². The van der Waals surface area contributed by atoms with Crippen molar-refractivity contribution in [1.29, 1.82) is 0 Å². The number of nitrogens with one attached hydrogen (secondary N) is 1. The summed E-state index contributed by atoms with van der Waals surface area (Å²) in [6, 6.07) is 6.06. The number of nitrogens with two attached hydrogens (primary N) is 1. The number of aromatic nitrogens is 2. The van der Waals surface area contributed by atoms with Crippen molar-refractivity contribution >= 4 is 17.6 Å². The molecule has 21 heavy (non-hydrogen) atoms. The Hall–Kier alpha value is -2.57. The zero-order chi connectivity index (χ0) is 15.4. The Balaban J connectivity index is 2.55. The summed E-state index contributed by atoms with van der Waals surface area (Å²) in [6.07, 6.45) is 0.840. The van der Waals surface area contributed by atoms with Crippen molar-refractivity contribution in [2.45, 2.75) is 13.3 Å². The Bertz CT molecular complexity index is 654. The summed E-state index contributed by atoms with van der Waals surface area (Å²) in [6.45, 7) is 2.58. The molecule has 3 N–H and O–H groups in total. The minimum atomic E-state index is -0.617. The van der Waals surface area contributed by atoms with E-state index in [0.717, 1.165) is 6.42 Å². The Morgan fingerprint density at radius 1 is 1.48 bits per heavy atom. The van der Waals surface area contributed by atoms with Gasteiger partial charge in [0.1, 0.15) is 22.9 Å². The minimum absolute atomic E-state index is 0.0329. The number of para-hydroxylation sites is 1. The van der Waals surface area contributed by atoms with Gasteiger partial charge < -0.3 is 15.8 Å². The Labute approximate surface area is 121 Å². The van der Waals surface area contributed by atoms with E-state index in [4.69, 9.17) is 10.5 Å². The lowest BCUT2D eigenvalue weighted by Gasteiger charge is -2.05. The van der Waals surface area contributed by atoms with Gasteiger partial charge in [-0.3, -0.25) is 0 Å². The van der Waals surface area contributed by atoms with Gasteiger partial charge in [0.05, 0.1) is 7.11 Å². The van der Waals surface area contributed by atoms with Crippen molar-refractivity contribution < 1.29 is 13.9 Å². The van der Waals surface area contributed by atoms with Crippen LogP contribution in [-0.4, -0.2) is 29.4 Å². The molecule has 2 rings (SSSR count). The molecular weight excluding hydrogens is 275 g/mol. The molecule has 1 heterocycles. The summed E-state index contributed by atoms with van der Waals surface area (Å²) >= 11 is 0. The van der Waals surface area contributed by atoms with Crippen LogP contribution in [-0.2, 0) is 4.74 Å². The van der Waals surface area contributed by atoms with Gasteiger partial charge in [0.25, 0.3) is 0 Å². The second-order valence-corrected chi connectivity index (χ2v) is 4.39. The lowest BCUT2D eigenvalue weighted by molar-refractivity contribution is 0.0603. The van der Waals surface area contributed by atoms with Gasteiger partial charge in [0, 0.05) is 6.54 Å². The number of nitrogen functional groups attached to an aromatic ring is 1. The SMILES string of the molecule is CCCNc1nn(-c2ccccc2F)c(N)c1C(=O)OC. The maximum absolute atomic E-state index is 13.9. The van der Waals surface area contributed by atoms with Crippen molar-refractivity contribution in [3.63, 3.8) is 0 Å². The minimum Gasteiger partial charge on any atom is -0.465 e. The van der Waals surface area contributed by atoms with Crippen molar-refractivity contribution in [3.05, 3.63) is 35.6 Å². The standard InChI is InChI=1S/C14H17FN4O2/c1-3-8-17-13-11(14(20)21-2)12(16)19(18-13)10-7-5-4-6-9(10)15/h4-7H,3,8,16H2,1-2H3,(H,17,18). The number of anilines is 2. The number of rotatable bonds is 5. The van der Waals surface area contributed by atoms with Gasteiger partial charge >= 0.3 is 5.97 Å². The van der Waals surface area contributed by atoms with Crippen LogP contribution in [0.1, 0.15) is 23.7 Å². The lowest BCUT2D eigenvalue weighted by atomic mass is 10.2. The summed E-state index contributed by atoms with van der Waals surface area (Å²) in [5.41, 5.74) is 6.22. The second-order valence-electron chi connectivity index (χ2n) is 4.39. The number of carbonyl (C=O) groups excluding carboxylic acids is 1. The topological polar surface area (TPSA) is 82.2 Å². The highest BCUT2D eigenvalue weighted by Gasteiger charge is 2.24. The number of hydrogen-bond acceptors (Lipinski definition) is 5. The fraction of sp³-hybridized carbons (Fsp3) is 0.286. The monoisotopic (exact) mass is 292 g/mol. The van der Waals surface area contributed by atoms with E-state index < -0.39 is 11.8 Å². The van der Waals surface area contributed by atoms with Crippen LogP contribution in [0, 0.1) is 5.82 Å². The molecule has 0 aliphatic carbocycles. The van der Waals surface area contributed by atoms with Crippen LogP contribution in [0.2, 0.25) is 0 Å². The number of esters is 1. The van der Waals surface area contributed by atoms with E-state index in [2.05, 4.69) is 10.4 Å². The molecule has 112 valence electrons. The van der Waals surface area contributed by atoms with E-state index in [9.17, 15) is 9.18 Å². The predicted molar refractivity (Wildman–Crippen MR) is 78.1 cm³/mol. The molecule has 0 radical (unpaired) electrons. The first-order valence-electron chi connectivity index (χ1n) is 6.55. The molecule has 6 nitrogen and oxygen atoms in total. The number of halogens is 1. The summed E-state index contributed by atoms with van der Waals surface area (Å²) in [5, 5.41) is 7.18. The van der Waals surface area contributed by atoms with Gasteiger partial charge in [-0.25, -0.2) is 13.9 Å². The summed E-state index contributed by atoms with van der Waals surface area (Å²) < 4.78 is 19.8. The van der Waals surface area contributed by atoms with Crippen LogP contribution in [0.25, 0.3) is 5.69 Å². The van der Waals surface area contributed by atoms with Crippen molar-refractivity contribution in [3.8, 4) is 5.69 Å². The Morgan fingerprint density at radius 2 is 2.19 bits per heavy atom. The van der Waals surface area contributed by atoms with Crippen molar-refractivity contribution in [1.82, 2.24) is 9.78 Å². The molecular formula is C14H17FN4O2. The van der Waals surface area contributed by atoms with E-state index >= 15 is 0 Å². The van der Waals surface area contributed by atoms with Crippen LogP contribution in [0.5, 0.6) is 0 Å². The van der Waals surface area contributed by atoms with Gasteiger partial charge in [-0.15, -0.1) is 5.10 Å². The number of carbonyl (C=O) groups is 1. The third-order valence-corrected chi connectivity index (χ3v) is 2.93. The molecule has 0 fully saturated rings. The largest absolute Gasteiger partial charge is 0.465 e. The molecule has 0 amide bonds. The molecule has 0 aliphatic heterocycles. The van der Waals surface area contributed by atoms with Gasteiger partial charge in [0.2, 0.25) is 0 Å². The van der Waals surface area contributed by atoms with Gasteiger partial charge in [-0.2, -0.15) is 0 Å². The van der Waals surface area contributed by atoms with Crippen LogP contribution < -0.4 is 11.1 Å². The number of benzene rings is 1. The second kappa shape index (κ2) is 6.25. The number of methoxy groups -OCH3 is 1. The van der Waals surface area contributed by atoms with Gasteiger partial charge in [-0.05, 0) is 18.6 Å². The maximum Gasteiger partial charge on any atom is 0.345 e. The summed E-state index contributed by atoms with van der Waals surface area (Å²) in [7, 11) is 1.26. The van der Waals surface area contributed by atoms with Crippen LogP contribution >= 0.6 is 0 Å². The lowest BCUT2D eigenvalue weighted by Crippen LogP contribution is -2.09.